The number of hydrogen-bond acceptors (Lipinski definition) is 4. The van der Waals surface area contributed by atoms with Gasteiger partial charge in [-0.05, 0) is 42.6 Å². The Hall–Kier alpha value is -3.12. The molecule has 0 saturated heterocycles. The molecule has 27 heavy (non-hydrogen) atoms. The highest BCUT2D eigenvalue weighted by Crippen LogP contribution is 2.15. The number of fused-ring (bicyclic) bond motifs is 1. The van der Waals surface area contributed by atoms with Gasteiger partial charge in [0, 0.05) is 22.3 Å². The number of carbonyl (C=O) groups is 2. The van der Waals surface area contributed by atoms with Gasteiger partial charge in [0.15, 0.2) is 6.61 Å². The number of nitrogens with zero attached hydrogens (tertiary/aromatic N) is 1. The van der Waals surface area contributed by atoms with E-state index in [0.29, 0.717) is 16.1 Å². The molecule has 2 aromatic carbocycles. The molecule has 0 spiro atoms. The molecule has 1 aromatic heterocycles. The van der Waals surface area contributed by atoms with Crippen LogP contribution in [0, 0.1) is 0 Å². The van der Waals surface area contributed by atoms with Crippen molar-refractivity contribution < 1.29 is 14.3 Å². The van der Waals surface area contributed by atoms with E-state index in [-0.39, 0.29) is 5.56 Å². The van der Waals surface area contributed by atoms with Crippen molar-refractivity contribution in [2.75, 3.05) is 11.9 Å². The number of halogens is 1. The maximum Gasteiger partial charge on any atom is 0.329 e. The van der Waals surface area contributed by atoms with E-state index in [0.717, 1.165) is 5.39 Å². The molecule has 0 bridgehead atoms. The number of carbonyl (C=O) groups excluding carboxylic acids is 2. The van der Waals surface area contributed by atoms with Gasteiger partial charge in [0.2, 0.25) is 0 Å². The number of pyridine rings is 1. The SMILES string of the molecule is CC(C(=O)OCC(=O)Nc1cccc(Cl)c1)n1ccc2ccccc2c1=O. The van der Waals surface area contributed by atoms with Crippen LogP contribution in [0.1, 0.15) is 13.0 Å². The first-order valence-electron chi connectivity index (χ1n) is 8.27. The molecule has 3 rings (SSSR count). The molecule has 6 nitrogen and oxygen atoms in total. The van der Waals surface area contributed by atoms with Gasteiger partial charge >= 0.3 is 5.97 Å². The summed E-state index contributed by atoms with van der Waals surface area (Å²) in [5.41, 5.74) is 0.211. The van der Waals surface area contributed by atoms with Crippen molar-refractivity contribution >= 4 is 39.9 Å². The quantitative estimate of drug-likeness (QED) is 0.684. The molecule has 1 amide bonds. The zero-order valence-electron chi connectivity index (χ0n) is 14.5. The summed E-state index contributed by atoms with van der Waals surface area (Å²) in [7, 11) is 0. The molecular weight excluding hydrogens is 368 g/mol. The van der Waals surface area contributed by atoms with E-state index in [9.17, 15) is 14.4 Å². The Labute approximate surface area is 160 Å². The minimum atomic E-state index is -0.860. The molecular formula is C20H17ClN2O4. The predicted molar refractivity (Wildman–Crippen MR) is 104 cm³/mol. The first-order valence-corrected chi connectivity index (χ1v) is 8.65. The number of rotatable bonds is 5. The van der Waals surface area contributed by atoms with Gasteiger partial charge < -0.3 is 14.6 Å². The number of aromatic nitrogens is 1. The number of esters is 1. The van der Waals surface area contributed by atoms with Crippen molar-refractivity contribution in [2.45, 2.75) is 13.0 Å². The standard InChI is InChI=1S/C20H17ClN2O4/c1-13(23-10-9-14-5-2-3-8-17(14)19(23)25)20(26)27-12-18(24)22-16-7-4-6-15(21)11-16/h2-11,13H,12H2,1H3,(H,22,24). The number of nitrogens with one attached hydrogen (secondary N) is 1. The lowest BCUT2D eigenvalue weighted by atomic mass is 10.1. The van der Waals surface area contributed by atoms with Crippen molar-refractivity contribution in [3.05, 3.63) is 76.2 Å². The molecule has 0 aliphatic rings. The summed E-state index contributed by atoms with van der Waals surface area (Å²) in [4.78, 5) is 36.7. The second-order valence-corrected chi connectivity index (χ2v) is 6.39. The third-order valence-corrected chi connectivity index (χ3v) is 4.29. The number of amides is 1. The Balaban J connectivity index is 1.65. The Morgan fingerprint density at radius 2 is 1.93 bits per heavy atom. The van der Waals surface area contributed by atoms with E-state index in [2.05, 4.69) is 5.32 Å². The molecule has 0 radical (unpaired) electrons. The highest BCUT2D eigenvalue weighted by molar-refractivity contribution is 6.30. The van der Waals surface area contributed by atoms with Crippen LogP contribution in [-0.2, 0) is 14.3 Å². The summed E-state index contributed by atoms with van der Waals surface area (Å²) in [5.74, 6) is -1.17. The van der Waals surface area contributed by atoms with Crippen LogP contribution in [0.2, 0.25) is 5.02 Å². The zero-order valence-corrected chi connectivity index (χ0v) is 15.3. The highest BCUT2D eigenvalue weighted by Gasteiger charge is 2.19. The maximum atomic E-state index is 12.5. The van der Waals surface area contributed by atoms with Crippen LogP contribution >= 0.6 is 11.6 Å². The lowest BCUT2D eigenvalue weighted by Gasteiger charge is -2.15. The predicted octanol–water partition coefficient (Wildman–Crippen LogP) is 3.40. The van der Waals surface area contributed by atoms with Gasteiger partial charge in [0.05, 0.1) is 0 Å². The van der Waals surface area contributed by atoms with Gasteiger partial charge in [-0.2, -0.15) is 0 Å². The molecule has 138 valence electrons. The molecule has 0 fully saturated rings. The Bertz CT molecular complexity index is 1060. The summed E-state index contributed by atoms with van der Waals surface area (Å²) >= 11 is 5.85. The Morgan fingerprint density at radius 1 is 1.15 bits per heavy atom. The molecule has 0 saturated carbocycles. The fourth-order valence-electron chi connectivity index (χ4n) is 2.64. The molecule has 3 aromatic rings. The van der Waals surface area contributed by atoms with Crippen molar-refractivity contribution in [1.29, 1.82) is 0 Å². The fraction of sp³-hybridized carbons (Fsp3) is 0.150. The van der Waals surface area contributed by atoms with Gasteiger partial charge in [-0.1, -0.05) is 35.9 Å². The average molecular weight is 385 g/mol. The largest absolute Gasteiger partial charge is 0.454 e. The number of ether oxygens (including phenoxy) is 1. The first kappa shape index (κ1) is 18.7. The smallest absolute Gasteiger partial charge is 0.329 e. The van der Waals surface area contributed by atoms with Crippen LogP contribution < -0.4 is 10.9 Å². The van der Waals surface area contributed by atoms with E-state index in [1.807, 2.05) is 12.1 Å². The lowest BCUT2D eigenvalue weighted by molar-refractivity contribution is -0.150. The van der Waals surface area contributed by atoms with Crippen LogP contribution in [0.15, 0.2) is 65.6 Å². The van der Waals surface area contributed by atoms with Crippen LogP contribution in [0.3, 0.4) is 0 Å². The van der Waals surface area contributed by atoms with Crippen molar-refractivity contribution in [3.8, 4) is 0 Å². The van der Waals surface area contributed by atoms with Crippen LogP contribution in [0.25, 0.3) is 10.8 Å². The van der Waals surface area contributed by atoms with Gasteiger partial charge in [0.25, 0.3) is 11.5 Å². The van der Waals surface area contributed by atoms with Crippen molar-refractivity contribution in [1.82, 2.24) is 4.57 Å². The minimum absolute atomic E-state index is 0.291. The van der Waals surface area contributed by atoms with Gasteiger partial charge in [-0.25, -0.2) is 4.79 Å². The number of anilines is 1. The molecule has 1 atom stereocenters. The number of benzene rings is 2. The van der Waals surface area contributed by atoms with E-state index >= 15 is 0 Å². The summed E-state index contributed by atoms with van der Waals surface area (Å²) in [5, 5.41) is 4.37. The van der Waals surface area contributed by atoms with Crippen LogP contribution in [0.4, 0.5) is 5.69 Å². The number of hydrogen-bond donors (Lipinski definition) is 1. The minimum Gasteiger partial charge on any atom is -0.454 e. The van der Waals surface area contributed by atoms with Crippen LogP contribution in [-0.4, -0.2) is 23.1 Å². The lowest BCUT2D eigenvalue weighted by Crippen LogP contribution is -2.30. The van der Waals surface area contributed by atoms with Crippen molar-refractivity contribution in [3.63, 3.8) is 0 Å². The Kier molecular flexibility index (Phi) is 5.57. The maximum absolute atomic E-state index is 12.5. The average Bonchev–Trinajstić information content (AvgIpc) is 2.66. The second-order valence-electron chi connectivity index (χ2n) is 5.96. The van der Waals surface area contributed by atoms with Crippen molar-refractivity contribution in [2.24, 2.45) is 0 Å². The zero-order chi connectivity index (χ0) is 19.4. The van der Waals surface area contributed by atoms with Gasteiger partial charge in [-0.3, -0.25) is 9.59 Å². The third kappa shape index (κ3) is 4.35. The third-order valence-electron chi connectivity index (χ3n) is 4.05. The van der Waals surface area contributed by atoms with E-state index < -0.39 is 24.5 Å². The summed E-state index contributed by atoms with van der Waals surface area (Å²) in [6.45, 7) is 1.09. The van der Waals surface area contributed by atoms with Gasteiger partial charge in [-0.15, -0.1) is 0 Å². The second kappa shape index (κ2) is 8.05. The molecule has 7 heteroatoms. The molecule has 1 N–H and O–H groups in total. The van der Waals surface area contributed by atoms with E-state index in [1.165, 1.54) is 4.57 Å². The monoisotopic (exact) mass is 384 g/mol. The normalized spacial score (nSPS) is 11.8. The van der Waals surface area contributed by atoms with Gasteiger partial charge in [0.1, 0.15) is 6.04 Å². The molecule has 1 unspecified atom stereocenters. The molecule has 1 heterocycles. The van der Waals surface area contributed by atoms with E-state index in [1.54, 1.807) is 55.6 Å². The Morgan fingerprint density at radius 3 is 2.70 bits per heavy atom. The topological polar surface area (TPSA) is 77.4 Å². The summed E-state index contributed by atoms with van der Waals surface area (Å²) < 4.78 is 6.34. The first-order chi connectivity index (χ1) is 13.0. The highest BCUT2D eigenvalue weighted by atomic mass is 35.5. The summed E-state index contributed by atoms with van der Waals surface area (Å²) in [6.07, 6.45) is 1.54. The molecule has 0 aliphatic heterocycles. The summed E-state index contributed by atoms with van der Waals surface area (Å²) in [6, 6.07) is 14.6. The van der Waals surface area contributed by atoms with Crippen LogP contribution in [0.5, 0.6) is 0 Å². The molecule has 0 aliphatic carbocycles. The van der Waals surface area contributed by atoms with E-state index in [4.69, 9.17) is 16.3 Å². The fourth-order valence-corrected chi connectivity index (χ4v) is 2.83.